The molecule has 1 amide bonds. The first kappa shape index (κ1) is 22.4. The van der Waals surface area contributed by atoms with Crippen molar-refractivity contribution in [1.82, 2.24) is 0 Å². The zero-order valence-corrected chi connectivity index (χ0v) is 20.1. The number of carbonyl (C=O) groups excluding carboxylic acids is 1. The Labute approximate surface area is 196 Å². The van der Waals surface area contributed by atoms with Gasteiger partial charge in [-0.3, -0.25) is 9.52 Å². The van der Waals surface area contributed by atoms with Crippen molar-refractivity contribution in [3.8, 4) is 5.75 Å². The minimum absolute atomic E-state index is 0.0748. The minimum Gasteiger partial charge on any atom is -0.489 e. The third kappa shape index (κ3) is 4.66. The van der Waals surface area contributed by atoms with Gasteiger partial charge in [0.15, 0.2) is 0 Å². The second kappa shape index (κ2) is 8.96. The largest absolute Gasteiger partial charge is 0.489 e. The van der Waals surface area contributed by atoms with Crippen molar-refractivity contribution in [2.24, 2.45) is 0 Å². The van der Waals surface area contributed by atoms with Crippen LogP contribution in [0.25, 0.3) is 0 Å². The standard InChI is InChI=1S/C24H23BrN2O4S/c1-16-12-19-13-20(25)14-23(24(19)27(16)17(2)28)32(29,30)26-21-8-10-22(11-9-21)31-15-18-6-4-3-5-7-18/h3-11,13-14,16,26H,12,15H2,1-2H3. The Balaban J connectivity index is 1.56. The summed E-state index contributed by atoms with van der Waals surface area (Å²) in [5.41, 5.74) is 2.73. The molecule has 0 spiro atoms. The molecule has 0 radical (unpaired) electrons. The summed E-state index contributed by atoms with van der Waals surface area (Å²) in [6, 6.07) is 19.8. The molecule has 32 heavy (non-hydrogen) atoms. The van der Waals surface area contributed by atoms with E-state index in [1.165, 1.54) is 13.0 Å². The highest BCUT2D eigenvalue weighted by Gasteiger charge is 2.35. The van der Waals surface area contributed by atoms with Crippen LogP contribution in [0.4, 0.5) is 11.4 Å². The number of carbonyl (C=O) groups is 1. The maximum absolute atomic E-state index is 13.3. The van der Waals surface area contributed by atoms with Crippen LogP contribution in [0.2, 0.25) is 0 Å². The number of halogens is 1. The molecule has 3 aromatic rings. The lowest BCUT2D eigenvalue weighted by atomic mass is 10.1. The SMILES string of the molecule is CC(=O)N1c2c(cc(Br)cc2S(=O)(=O)Nc2ccc(OCc3ccccc3)cc2)CC1C. The number of benzene rings is 3. The lowest BCUT2D eigenvalue weighted by molar-refractivity contribution is -0.116. The van der Waals surface area contributed by atoms with Gasteiger partial charge in [-0.2, -0.15) is 0 Å². The number of nitrogens with one attached hydrogen (secondary N) is 1. The average Bonchev–Trinajstić information content (AvgIpc) is 3.08. The number of ether oxygens (including phenoxy) is 1. The van der Waals surface area contributed by atoms with Crippen LogP contribution in [-0.4, -0.2) is 20.4 Å². The highest BCUT2D eigenvalue weighted by Crippen LogP contribution is 2.40. The van der Waals surface area contributed by atoms with E-state index in [0.717, 1.165) is 11.1 Å². The molecule has 0 fully saturated rings. The maximum atomic E-state index is 13.3. The van der Waals surface area contributed by atoms with Crippen LogP contribution in [0.15, 0.2) is 76.1 Å². The van der Waals surface area contributed by atoms with Crippen LogP contribution in [0.1, 0.15) is 25.0 Å². The van der Waals surface area contributed by atoms with Gasteiger partial charge in [0.1, 0.15) is 17.3 Å². The average molecular weight is 515 g/mol. The van der Waals surface area contributed by atoms with Gasteiger partial charge in [-0.1, -0.05) is 46.3 Å². The molecule has 1 N–H and O–H groups in total. The summed E-state index contributed by atoms with van der Waals surface area (Å²) < 4.78 is 35.6. The summed E-state index contributed by atoms with van der Waals surface area (Å²) in [5, 5.41) is 0. The second-order valence-corrected chi connectivity index (χ2v) is 10.3. The number of nitrogens with zero attached hydrogens (tertiary/aromatic N) is 1. The molecule has 8 heteroatoms. The van der Waals surface area contributed by atoms with E-state index in [9.17, 15) is 13.2 Å². The molecule has 0 saturated heterocycles. The van der Waals surface area contributed by atoms with E-state index in [1.54, 1.807) is 29.2 Å². The lowest BCUT2D eigenvalue weighted by Gasteiger charge is -2.23. The molecule has 0 bridgehead atoms. The smallest absolute Gasteiger partial charge is 0.264 e. The van der Waals surface area contributed by atoms with Crippen molar-refractivity contribution in [2.45, 2.75) is 37.8 Å². The molecular weight excluding hydrogens is 492 g/mol. The molecular formula is C24H23BrN2O4S. The zero-order chi connectivity index (χ0) is 22.9. The molecule has 1 aliphatic rings. The second-order valence-electron chi connectivity index (χ2n) is 7.76. The van der Waals surface area contributed by atoms with Crippen molar-refractivity contribution >= 4 is 43.2 Å². The number of anilines is 2. The molecule has 1 heterocycles. The highest BCUT2D eigenvalue weighted by molar-refractivity contribution is 9.10. The topological polar surface area (TPSA) is 75.7 Å². The number of hydrogen-bond acceptors (Lipinski definition) is 4. The fourth-order valence-electron chi connectivity index (χ4n) is 3.93. The molecule has 1 atom stereocenters. The third-order valence-corrected chi connectivity index (χ3v) is 7.15. The van der Waals surface area contributed by atoms with Gasteiger partial charge >= 0.3 is 0 Å². The van der Waals surface area contributed by atoms with Gasteiger partial charge in [-0.15, -0.1) is 0 Å². The first-order valence-electron chi connectivity index (χ1n) is 10.2. The number of sulfonamides is 1. The van der Waals surface area contributed by atoms with Gasteiger partial charge in [0, 0.05) is 23.1 Å². The van der Waals surface area contributed by atoms with Crippen molar-refractivity contribution < 1.29 is 17.9 Å². The number of rotatable bonds is 6. The Morgan fingerprint density at radius 2 is 1.81 bits per heavy atom. The summed E-state index contributed by atoms with van der Waals surface area (Å²) in [4.78, 5) is 13.9. The summed E-state index contributed by atoms with van der Waals surface area (Å²) in [5.74, 6) is 0.451. The van der Waals surface area contributed by atoms with E-state index >= 15 is 0 Å². The summed E-state index contributed by atoms with van der Waals surface area (Å²) >= 11 is 3.40. The number of hydrogen-bond donors (Lipinski definition) is 1. The first-order chi connectivity index (χ1) is 15.2. The highest BCUT2D eigenvalue weighted by atomic mass is 79.9. The van der Waals surface area contributed by atoms with Gasteiger partial charge in [0.2, 0.25) is 5.91 Å². The van der Waals surface area contributed by atoms with Gasteiger partial charge in [0.05, 0.1) is 5.69 Å². The zero-order valence-electron chi connectivity index (χ0n) is 17.7. The van der Waals surface area contributed by atoms with E-state index < -0.39 is 10.0 Å². The van der Waals surface area contributed by atoms with Crippen molar-refractivity contribution in [1.29, 1.82) is 0 Å². The van der Waals surface area contributed by atoms with E-state index in [4.69, 9.17) is 4.74 Å². The Hall–Kier alpha value is -2.84. The number of amides is 1. The van der Waals surface area contributed by atoms with Crippen molar-refractivity contribution in [2.75, 3.05) is 9.62 Å². The normalized spacial score (nSPS) is 15.3. The quantitative estimate of drug-likeness (QED) is 0.494. The maximum Gasteiger partial charge on any atom is 0.264 e. The molecule has 3 aromatic carbocycles. The molecule has 0 aromatic heterocycles. The van der Waals surface area contributed by atoms with Crippen molar-refractivity contribution in [3.63, 3.8) is 0 Å². The number of fused-ring (bicyclic) bond motifs is 1. The predicted octanol–water partition coefficient (Wildman–Crippen LogP) is 5.13. The predicted molar refractivity (Wildman–Crippen MR) is 128 cm³/mol. The first-order valence-corrected chi connectivity index (χ1v) is 12.4. The van der Waals surface area contributed by atoms with Crippen LogP contribution >= 0.6 is 15.9 Å². The van der Waals surface area contributed by atoms with E-state index in [0.29, 0.717) is 34.6 Å². The van der Waals surface area contributed by atoms with E-state index in [2.05, 4.69) is 20.7 Å². The molecule has 166 valence electrons. The fraction of sp³-hybridized carbons (Fsp3) is 0.208. The Morgan fingerprint density at radius 3 is 2.47 bits per heavy atom. The summed E-state index contributed by atoms with van der Waals surface area (Å²) in [6.45, 7) is 3.79. The lowest BCUT2D eigenvalue weighted by Crippen LogP contribution is -2.34. The van der Waals surface area contributed by atoms with Gasteiger partial charge in [-0.05, 0) is 60.9 Å². The fourth-order valence-corrected chi connectivity index (χ4v) is 5.91. The summed E-state index contributed by atoms with van der Waals surface area (Å²) in [7, 11) is -3.93. The Morgan fingerprint density at radius 1 is 1.12 bits per heavy atom. The summed E-state index contributed by atoms with van der Waals surface area (Å²) in [6.07, 6.45) is 0.602. The molecule has 0 saturated carbocycles. The van der Waals surface area contributed by atoms with Crippen LogP contribution in [-0.2, 0) is 27.8 Å². The van der Waals surface area contributed by atoms with Crippen molar-refractivity contribution in [3.05, 3.63) is 82.3 Å². The van der Waals surface area contributed by atoms with Crippen LogP contribution < -0.4 is 14.4 Å². The van der Waals surface area contributed by atoms with Gasteiger partial charge < -0.3 is 9.64 Å². The van der Waals surface area contributed by atoms with E-state index in [-0.39, 0.29) is 16.8 Å². The monoisotopic (exact) mass is 514 g/mol. The molecule has 4 rings (SSSR count). The third-order valence-electron chi connectivity index (χ3n) is 5.30. The van der Waals surface area contributed by atoms with E-state index in [1.807, 2.05) is 43.3 Å². The molecule has 1 aliphatic heterocycles. The van der Waals surface area contributed by atoms with Gasteiger partial charge in [-0.25, -0.2) is 8.42 Å². The van der Waals surface area contributed by atoms with Crippen LogP contribution in [0.5, 0.6) is 5.75 Å². The Kier molecular flexibility index (Phi) is 6.26. The minimum atomic E-state index is -3.93. The molecule has 6 nitrogen and oxygen atoms in total. The van der Waals surface area contributed by atoms with Crippen LogP contribution in [0, 0.1) is 0 Å². The van der Waals surface area contributed by atoms with Gasteiger partial charge in [0.25, 0.3) is 10.0 Å². The molecule has 0 aliphatic carbocycles. The van der Waals surface area contributed by atoms with Crippen LogP contribution in [0.3, 0.4) is 0 Å². The Bertz CT molecular complexity index is 1240. The molecule has 1 unspecified atom stereocenters.